The van der Waals surface area contributed by atoms with Gasteiger partial charge in [-0.1, -0.05) is 19.1 Å². The molecule has 1 aliphatic heterocycles. The quantitative estimate of drug-likeness (QED) is 0.780. The number of ether oxygens (including phenoxy) is 2. The zero-order chi connectivity index (χ0) is 11.8. The second kappa shape index (κ2) is 3.66. The van der Waals surface area contributed by atoms with E-state index in [-0.39, 0.29) is 11.2 Å². The molecule has 1 saturated heterocycles. The smallest absolute Gasteiger partial charge is 0.406 e. The van der Waals surface area contributed by atoms with E-state index in [0.717, 1.165) is 5.56 Å². The molecule has 0 amide bonds. The first-order chi connectivity index (χ1) is 7.39. The van der Waals surface area contributed by atoms with Gasteiger partial charge >= 0.3 is 6.36 Å². The second-order valence-electron chi connectivity index (χ2n) is 4.13. The molecule has 1 aromatic rings. The van der Waals surface area contributed by atoms with Gasteiger partial charge in [0.15, 0.2) is 0 Å². The van der Waals surface area contributed by atoms with E-state index < -0.39 is 6.36 Å². The van der Waals surface area contributed by atoms with E-state index in [0.29, 0.717) is 13.2 Å². The van der Waals surface area contributed by atoms with Crippen molar-refractivity contribution in [1.29, 1.82) is 0 Å². The molecule has 2 nitrogen and oxygen atoms in total. The van der Waals surface area contributed by atoms with Crippen LogP contribution in [0.2, 0.25) is 0 Å². The Morgan fingerprint density at radius 3 is 2.12 bits per heavy atom. The Balaban J connectivity index is 2.10. The minimum absolute atomic E-state index is 0.0727. The molecule has 0 N–H and O–H groups in total. The molecule has 16 heavy (non-hydrogen) atoms. The average Bonchev–Trinajstić information content (AvgIpc) is 2.13. The van der Waals surface area contributed by atoms with Gasteiger partial charge in [-0.3, -0.25) is 0 Å². The van der Waals surface area contributed by atoms with Crippen LogP contribution < -0.4 is 4.74 Å². The third-order valence-corrected chi connectivity index (χ3v) is 2.63. The van der Waals surface area contributed by atoms with Crippen LogP contribution in [0.5, 0.6) is 5.75 Å². The highest BCUT2D eigenvalue weighted by molar-refractivity contribution is 5.33. The van der Waals surface area contributed by atoms with Crippen LogP contribution in [0, 0.1) is 0 Å². The van der Waals surface area contributed by atoms with Crippen LogP contribution in [0.1, 0.15) is 12.5 Å². The molecule has 0 atom stereocenters. The van der Waals surface area contributed by atoms with E-state index in [4.69, 9.17) is 4.74 Å². The first-order valence-corrected chi connectivity index (χ1v) is 4.83. The molecule has 1 fully saturated rings. The summed E-state index contributed by atoms with van der Waals surface area (Å²) in [5.41, 5.74) is 0.893. The summed E-state index contributed by atoms with van der Waals surface area (Å²) >= 11 is 0. The van der Waals surface area contributed by atoms with Crippen molar-refractivity contribution in [3.63, 3.8) is 0 Å². The standard InChI is InChI=1S/C11H11F3O2/c1-10(6-15-7-10)8-2-4-9(5-3-8)16-11(12,13)14/h2-5H,6-7H2,1H3. The van der Waals surface area contributed by atoms with Gasteiger partial charge in [0.05, 0.1) is 13.2 Å². The Morgan fingerprint density at radius 2 is 1.75 bits per heavy atom. The SMILES string of the molecule is CC1(c2ccc(OC(F)(F)F)cc2)COC1. The van der Waals surface area contributed by atoms with Crippen LogP contribution in [-0.4, -0.2) is 19.6 Å². The number of alkyl halides is 3. The Kier molecular flexibility index (Phi) is 2.58. The van der Waals surface area contributed by atoms with Gasteiger partial charge in [-0.15, -0.1) is 13.2 Å². The van der Waals surface area contributed by atoms with Crippen molar-refractivity contribution in [3.05, 3.63) is 29.8 Å². The minimum atomic E-state index is -4.63. The van der Waals surface area contributed by atoms with Gasteiger partial charge in [0, 0.05) is 5.41 Å². The van der Waals surface area contributed by atoms with Crippen molar-refractivity contribution in [2.24, 2.45) is 0 Å². The van der Waals surface area contributed by atoms with Crippen molar-refractivity contribution in [3.8, 4) is 5.75 Å². The third kappa shape index (κ3) is 2.29. The molecule has 0 bridgehead atoms. The summed E-state index contributed by atoms with van der Waals surface area (Å²) in [4.78, 5) is 0. The maximum absolute atomic E-state index is 11.9. The largest absolute Gasteiger partial charge is 0.573 e. The van der Waals surface area contributed by atoms with Crippen LogP contribution in [0.15, 0.2) is 24.3 Å². The molecule has 0 saturated carbocycles. The van der Waals surface area contributed by atoms with E-state index in [1.54, 1.807) is 12.1 Å². The van der Waals surface area contributed by atoms with Gasteiger partial charge in [0.25, 0.3) is 0 Å². The van der Waals surface area contributed by atoms with Crippen LogP contribution in [0.4, 0.5) is 13.2 Å². The fraction of sp³-hybridized carbons (Fsp3) is 0.455. The van der Waals surface area contributed by atoms with Crippen LogP contribution in [0.25, 0.3) is 0 Å². The highest BCUT2D eigenvalue weighted by atomic mass is 19.4. The highest BCUT2D eigenvalue weighted by Crippen LogP contribution is 2.33. The van der Waals surface area contributed by atoms with Gasteiger partial charge in [-0.25, -0.2) is 0 Å². The van der Waals surface area contributed by atoms with E-state index in [9.17, 15) is 13.2 Å². The monoisotopic (exact) mass is 232 g/mol. The molecule has 1 aliphatic rings. The molecule has 0 aliphatic carbocycles. The Morgan fingerprint density at radius 1 is 1.19 bits per heavy atom. The lowest BCUT2D eigenvalue weighted by atomic mass is 9.81. The molecular formula is C11H11F3O2. The number of benzene rings is 1. The molecular weight excluding hydrogens is 221 g/mol. The summed E-state index contributed by atoms with van der Waals surface area (Å²) in [5.74, 6) is -0.194. The number of halogens is 3. The topological polar surface area (TPSA) is 18.5 Å². The first-order valence-electron chi connectivity index (χ1n) is 4.83. The molecule has 88 valence electrons. The first kappa shape index (κ1) is 11.3. The molecule has 0 spiro atoms. The number of rotatable bonds is 2. The lowest BCUT2D eigenvalue weighted by molar-refractivity contribution is -0.274. The summed E-state index contributed by atoms with van der Waals surface area (Å²) in [6.07, 6.45) is -4.63. The minimum Gasteiger partial charge on any atom is -0.406 e. The second-order valence-corrected chi connectivity index (χ2v) is 4.13. The predicted octanol–water partition coefficient (Wildman–Crippen LogP) is 2.87. The molecule has 5 heteroatoms. The van der Waals surface area contributed by atoms with Crippen molar-refractivity contribution < 1.29 is 22.6 Å². The summed E-state index contributed by atoms with van der Waals surface area (Å²) in [5, 5.41) is 0. The van der Waals surface area contributed by atoms with Crippen LogP contribution in [0.3, 0.4) is 0 Å². The van der Waals surface area contributed by atoms with Gasteiger partial charge in [0.1, 0.15) is 5.75 Å². The highest BCUT2D eigenvalue weighted by Gasteiger charge is 2.35. The zero-order valence-electron chi connectivity index (χ0n) is 8.67. The van der Waals surface area contributed by atoms with E-state index in [2.05, 4.69) is 4.74 Å². The summed E-state index contributed by atoms with van der Waals surface area (Å²) in [6, 6.07) is 5.94. The summed E-state index contributed by atoms with van der Waals surface area (Å²) in [7, 11) is 0. The van der Waals surface area contributed by atoms with Crippen molar-refractivity contribution in [2.45, 2.75) is 18.7 Å². The molecule has 2 rings (SSSR count). The van der Waals surface area contributed by atoms with E-state index in [1.165, 1.54) is 12.1 Å². The fourth-order valence-corrected chi connectivity index (χ4v) is 1.63. The maximum Gasteiger partial charge on any atom is 0.573 e. The molecule has 1 heterocycles. The predicted molar refractivity (Wildman–Crippen MR) is 51.3 cm³/mol. The van der Waals surface area contributed by atoms with Crippen molar-refractivity contribution >= 4 is 0 Å². The zero-order valence-corrected chi connectivity index (χ0v) is 8.67. The van der Waals surface area contributed by atoms with Gasteiger partial charge in [-0.05, 0) is 17.7 Å². The molecule has 0 unspecified atom stereocenters. The third-order valence-electron chi connectivity index (χ3n) is 2.63. The van der Waals surface area contributed by atoms with Crippen molar-refractivity contribution in [1.82, 2.24) is 0 Å². The summed E-state index contributed by atoms with van der Waals surface area (Å²) in [6.45, 7) is 3.22. The summed E-state index contributed by atoms with van der Waals surface area (Å²) < 4.78 is 44.6. The van der Waals surface area contributed by atoms with Crippen molar-refractivity contribution in [2.75, 3.05) is 13.2 Å². The lowest BCUT2D eigenvalue weighted by Crippen LogP contribution is -2.43. The fourth-order valence-electron chi connectivity index (χ4n) is 1.63. The Bertz CT molecular complexity index is 366. The maximum atomic E-state index is 11.9. The van der Waals surface area contributed by atoms with Crippen LogP contribution in [-0.2, 0) is 10.2 Å². The van der Waals surface area contributed by atoms with Gasteiger partial charge in [0.2, 0.25) is 0 Å². The molecule has 0 radical (unpaired) electrons. The Hall–Kier alpha value is -1.23. The number of hydrogen-bond acceptors (Lipinski definition) is 2. The lowest BCUT2D eigenvalue weighted by Gasteiger charge is -2.38. The van der Waals surface area contributed by atoms with E-state index in [1.807, 2.05) is 6.92 Å². The average molecular weight is 232 g/mol. The normalized spacial score (nSPS) is 19.0. The van der Waals surface area contributed by atoms with Gasteiger partial charge in [-0.2, -0.15) is 0 Å². The molecule has 0 aromatic heterocycles. The molecule has 1 aromatic carbocycles. The number of hydrogen-bond donors (Lipinski definition) is 0. The van der Waals surface area contributed by atoms with E-state index >= 15 is 0 Å². The van der Waals surface area contributed by atoms with Gasteiger partial charge < -0.3 is 9.47 Å². The van der Waals surface area contributed by atoms with Crippen LogP contribution >= 0.6 is 0 Å². The Labute approximate surface area is 91.0 Å².